The molecule has 0 bridgehead atoms. The van der Waals surface area contributed by atoms with Gasteiger partial charge < -0.3 is 5.11 Å². The van der Waals surface area contributed by atoms with Crippen LogP contribution < -0.4 is 0 Å². The molecule has 0 aromatic carbocycles. The van der Waals surface area contributed by atoms with E-state index in [2.05, 4.69) is 6.92 Å². The summed E-state index contributed by atoms with van der Waals surface area (Å²) in [5.41, 5.74) is 0. The number of fused-ring (bicyclic) bond motifs is 1. The summed E-state index contributed by atoms with van der Waals surface area (Å²) in [6.45, 7) is 2.67. The molecule has 0 spiro atoms. The standard InChI is InChI=1S/C14H21NO3/c1-2-8-5-11-12(6-8)14(18)15(13(11)17)7-9-3-10(16)4-9/h8-12,16H,2-7H2,1H3. The van der Waals surface area contributed by atoms with Gasteiger partial charge in [-0.05, 0) is 37.5 Å². The number of aliphatic hydroxyl groups is 1. The number of nitrogens with zero attached hydrogens (tertiary/aromatic N) is 1. The van der Waals surface area contributed by atoms with Gasteiger partial charge in [0.1, 0.15) is 0 Å². The number of imide groups is 1. The summed E-state index contributed by atoms with van der Waals surface area (Å²) in [6.07, 6.45) is 4.13. The van der Waals surface area contributed by atoms with Gasteiger partial charge in [0.05, 0.1) is 17.9 Å². The monoisotopic (exact) mass is 251 g/mol. The third-order valence-corrected chi connectivity index (χ3v) is 5.06. The molecule has 2 aliphatic carbocycles. The molecule has 2 unspecified atom stereocenters. The van der Waals surface area contributed by atoms with Gasteiger partial charge >= 0.3 is 0 Å². The van der Waals surface area contributed by atoms with Crippen LogP contribution in [0.2, 0.25) is 0 Å². The molecule has 2 amide bonds. The molecule has 1 saturated heterocycles. The number of carbonyl (C=O) groups is 2. The van der Waals surface area contributed by atoms with Gasteiger partial charge in [-0.1, -0.05) is 13.3 Å². The molecule has 0 radical (unpaired) electrons. The fourth-order valence-corrected chi connectivity index (χ4v) is 3.82. The second-order valence-corrected chi connectivity index (χ2v) is 6.24. The molecule has 0 aromatic rings. The molecular formula is C14H21NO3. The van der Waals surface area contributed by atoms with Gasteiger partial charge in [0.15, 0.2) is 0 Å². The van der Waals surface area contributed by atoms with Gasteiger partial charge in [-0.2, -0.15) is 0 Å². The van der Waals surface area contributed by atoms with E-state index in [1.165, 1.54) is 4.90 Å². The zero-order valence-corrected chi connectivity index (χ0v) is 10.8. The molecule has 0 aromatic heterocycles. The summed E-state index contributed by atoms with van der Waals surface area (Å²) in [4.78, 5) is 26.0. The van der Waals surface area contributed by atoms with Crippen molar-refractivity contribution in [3.8, 4) is 0 Å². The predicted octanol–water partition coefficient (Wildman–Crippen LogP) is 1.18. The number of carbonyl (C=O) groups excluding carboxylic acids is 2. The molecule has 100 valence electrons. The number of amides is 2. The molecule has 4 heteroatoms. The van der Waals surface area contributed by atoms with Crippen LogP contribution in [-0.2, 0) is 9.59 Å². The van der Waals surface area contributed by atoms with E-state index >= 15 is 0 Å². The summed E-state index contributed by atoms with van der Waals surface area (Å²) in [7, 11) is 0. The summed E-state index contributed by atoms with van der Waals surface area (Å²) < 4.78 is 0. The quantitative estimate of drug-likeness (QED) is 0.766. The van der Waals surface area contributed by atoms with E-state index in [1.807, 2.05) is 0 Å². The Morgan fingerprint density at radius 1 is 1.06 bits per heavy atom. The van der Waals surface area contributed by atoms with E-state index in [-0.39, 0.29) is 29.8 Å². The fraction of sp³-hybridized carbons (Fsp3) is 0.857. The lowest BCUT2D eigenvalue weighted by molar-refractivity contribution is -0.142. The maximum atomic E-state index is 12.3. The van der Waals surface area contributed by atoms with Crippen LogP contribution in [0.15, 0.2) is 0 Å². The van der Waals surface area contributed by atoms with Gasteiger partial charge in [-0.3, -0.25) is 14.5 Å². The largest absolute Gasteiger partial charge is 0.393 e. The molecule has 3 rings (SSSR count). The topological polar surface area (TPSA) is 57.6 Å². The Balaban J connectivity index is 1.65. The maximum absolute atomic E-state index is 12.3. The minimum atomic E-state index is -0.216. The molecular weight excluding hydrogens is 230 g/mol. The number of rotatable bonds is 3. The Morgan fingerprint density at radius 2 is 1.61 bits per heavy atom. The van der Waals surface area contributed by atoms with Crippen molar-refractivity contribution in [3.63, 3.8) is 0 Å². The zero-order valence-electron chi connectivity index (χ0n) is 10.8. The van der Waals surface area contributed by atoms with Crippen LogP contribution >= 0.6 is 0 Å². The first kappa shape index (κ1) is 12.2. The molecule has 18 heavy (non-hydrogen) atoms. The average Bonchev–Trinajstić information content (AvgIpc) is 2.82. The summed E-state index contributed by atoms with van der Waals surface area (Å²) in [5, 5.41) is 9.26. The van der Waals surface area contributed by atoms with Crippen molar-refractivity contribution in [3.05, 3.63) is 0 Å². The SMILES string of the molecule is CCC1CC2C(=O)N(CC3CC(O)C3)C(=O)C2C1. The fourth-order valence-electron chi connectivity index (χ4n) is 3.82. The van der Waals surface area contributed by atoms with Crippen molar-refractivity contribution in [2.45, 2.75) is 45.1 Å². The van der Waals surface area contributed by atoms with Crippen molar-refractivity contribution < 1.29 is 14.7 Å². The van der Waals surface area contributed by atoms with Crippen LogP contribution in [0.1, 0.15) is 39.0 Å². The molecule has 1 aliphatic heterocycles. The Bertz CT molecular complexity index is 351. The van der Waals surface area contributed by atoms with Gasteiger partial charge in [0, 0.05) is 6.54 Å². The Hall–Kier alpha value is -0.900. The summed E-state index contributed by atoms with van der Waals surface area (Å²) in [5.74, 6) is 0.929. The molecule has 3 aliphatic rings. The van der Waals surface area contributed by atoms with E-state index in [0.29, 0.717) is 18.4 Å². The Kier molecular flexibility index (Phi) is 2.93. The smallest absolute Gasteiger partial charge is 0.233 e. The van der Waals surface area contributed by atoms with Crippen LogP contribution in [0.4, 0.5) is 0 Å². The van der Waals surface area contributed by atoms with Gasteiger partial charge in [-0.25, -0.2) is 0 Å². The van der Waals surface area contributed by atoms with Crippen molar-refractivity contribution in [1.29, 1.82) is 0 Å². The first-order valence-corrected chi connectivity index (χ1v) is 7.13. The molecule has 1 N–H and O–H groups in total. The lowest BCUT2D eigenvalue weighted by Gasteiger charge is -2.34. The zero-order chi connectivity index (χ0) is 12.9. The van der Waals surface area contributed by atoms with Crippen LogP contribution in [0, 0.1) is 23.7 Å². The van der Waals surface area contributed by atoms with Crippen molar-refractivity contribution in [2.75, 3.05) is 6.54 Å². The van der Waals surface area contributed by atoms with Crippen LogP contribution in [0.25, 0.3) is 0 Å². The van der Waals surface area contributed by atoms with E-state index < -0.39 is 0 Å². The van der Waals surface area contributed by atoms with Crippen molar-refractivity contribution in [1.82, 2.24) is 4.90 Å². The van der Waals surface area contributed by atoms with Crippen LogP contribution in [0.5, 0.6) is 0 Å². The predicted molar refractivity (Wildman–Crippen MR) is 65.4 cm³/mol. The van der Waals surface area contributed by atoms with E-state index in [0.717, 1.165) is 32.1 Å². The second-order valence-electron chi connectivity index (χ2n) is 6.24. The molecule has 1 heterocycles. The normalized spacial score (nSPS) is 43.2. The minimum Gasteiger partial charge on any atom is -0.393 e. The Labute approximate surface area is 107 Å². The lowest BCUT2D eigenvalue weighted by Crippen LogP contribution is -2.42. The molecule has 2 atom stereocenters. The summed E-state index contributed by atoms with van der Waals surface area (Å²) in [6, 6.07) is 0. The highest BCUT2D eigenvalue weighted by molar-refractivity contribution is 6.05. The Morgan fingerprint density at radius 3 is 2.06 bits per heavy atom. The highest BCUT2D eigenvalue weighted by atomic mass is 16.3. The lowest BCUT2D eigenvalue weighted by atomic mass is 9.82. The van der Waals surface area contributed by atoms with Crippen molar-refractivity contribution in [2.24, 2.45) is 23.7 Å². The number of likely N-dealkylation sites (tertiary alicyclic amines) is 1. The maximum Gasteiger partial charge on any atom is 0.233 e. The van der Waals surface area contributed by atoms with E-state index in [9.17, 15) is 14.7 Å². The minimum absolute atomic E-state index is 0.0348. The first-order valence-electron chi connectivity index (χ1n) is 7.13. The van der Waals surface area contributed by atoms with Gasteiger partial charge in [0.2, 0.25) is 11.8 Å². The molecule has 4 nitrogen and oxygen atoms in total. The van der Waals surface area contributed by atoms with E-state index in [1.54, 1.807) is 0 Å². The van der Waals surface area contributed by atoms with Crippen LogP contribution in [0.3, 0.4) is 0 Å². The van der Waals surface area contributed by atoms with Crippen LogP contribution in [-0.4, -0.2) is 34.5 Å². The number of aliphatic hydroxyl groups excluding tert-OH is 1. The first-order chi connectivity index (χ1) is 8.60. The summed E-state index contributed by atoms with van der Waals surface area (Å²) >= 11 is 0. The number of hydrogen-bond acceptors (Lipinski definition) is 3. The van der Waals surface area contributed by atoms with Gasteiger partial charge in [-0.15, -0.1) is 0 Å². The highest BCUT2D eigenvalue weighted by Crippen LogP contribution is 2.45. The second kappa shape index (κ2) is 4.34. The molecule has 2 saturated carbocycles. The van der Waals surface area contributed by atoms with Crippen molar-refractivity contribution >= 4 is 11.8 Å². The third kappa shape index (κ3) is 1.78. The number of hydrogen-bond donors (Lipinski definition) is 1. The average molecular weight is 251 g/mol. The van der Waals surface area contributed by atoms with E-state index in [4.69, 9.17) is 0 Å². The van der Waals surface area contributed by atoms with Gasteiger partial charge in [0.25, 0.3) is 0 Å². The third-order valence-electron chi connectivity index (χ3n) is 5.06. The molecule has 3 fully saturated rings. The highest BCUT2D eigenvalue weighted by Gasteiger charge is 2.52.